The molecule has 2 N–H and O–H groups in total. The molecule has 0 bridgehead atoms. The van der Waals surface area contributed by atoms with Crippen LogP contribution in [0.1, 0.15) is 43.0 Å². The minimum Gasteiger partial charge on any atom is -0.342 e. The van der Waals surface area contributed by atoms with Gasteiger partial charge in [0.15, 0.2) is 11.0 Å². The lowest BCUT2D eigenvalue weighted by molar-refractivity contribution is -0.113. The maximum atomic E-state index is 12.9. The van der Waals surface area contributed by atoms with Crippen molar-refractivity contribution in [1.29, 1.82) is 0 Å². The lowest BCUT2D eigenvalue weighted by Crippen LogP contribution is -2.34. The van der Waals surface area contributed by atoms with Gasteiger partial charge in [-0.25, -0.2) is 0 Å². The van der Waals surface area contributed by atoms with Crippen LogP contribution >= 0.6 is 58.2 Å². The fourth-order valence-electron chi connectivity index (χ4n) is 3.31. The van der Waals surface area contributed by atoms with Crippen LogP contribution in [0, 0.1) is 5.92 Å². The highest BCUT2D eigenvalue weighted by molar-refractivity contribution is 7.99. The smallest absolute Gasteiger partial charge is 0.253 e. The third-order valence-corrected chi connectivity index (χ3v) is 6.90. The molecule has 0 saturated heterocycles. The van der Waals surface area contributed by atoms with Gasteiger partial charge in [0.25, 0.3) is 5.91 Å². The van der Waals surface area contributed by atoms with Crippen molar-refractivity contribution >= 4 is 75.7 Å². The molecule has 1 heterocycles. The van der Waals surface area contributed by atoms with Crippen LogP contribution in [0.3, 0.4) is 0 Å². The Morgan fingerprint density at radius 3 is 2.29 bits per heavy atom. The van der Waals surface area contributed by atoms with E-state index in [9.17, 15) is 9.59 Å². The number of hydrogen-bond donors (Lipinski definition) is 2. The van der Waals surface area contributed by atoms with Crippen LogP contribution in [0.25, 0.3) is 0 Å². The summed E-state index contributed by atoms with van der Waals surface area (Å²) in [5.41, 5.74) is 0.825. The first kappa shape index (κ1) is 27.6. The van der Waals surface area contributed by atoms with Gasteiger partial charge < -0.3 is 15.2 Å². The first-order valence-corrected chi connectivity index (χ1v) is 13.2. The van der Waals surface area contributed by atoms with Crippen LogP contribution in [0.4, 0.5) is 5.69 Å². The standard InChI is InChI=1S/C23H23Cl4N5O2S/c1-4-32-21(20(12(2)3)29-22(34)17-6-5-13(24)10-18(17)27)30-31-23(32)35-11-19(33)28-16-8-14(25)7-15(26)9-16/h5-10,12,20H,4,11H2,1-3H3,(H,28,33)(H,29,34)/t20-/m1/s1. The second-order valence-corrected chi connectivity index (χ2v) is 10.6. The molecule has 0 saturated carbocycles. The number of rotatable bonds is 9. The average Bonchev–Trinajstić information content (AvgIpc) is 3.17. The number of benzene rings is 2. The number of aromatic nitrogens is 3. The summed E-state index contributed by atoms with van der Waals surface area (Å²) in [5, 5.41) is 16.5. The van der Waals surface area contributed by atoms with Gasteiger partial charge in [0.05, 0.1) is 22.4 Å². The zero-order valence-electron chi connectivity index (χ0n) is 19.1. The molecule has 0 radical (unpaired) electrons. The van der Waals surface area contributed by atoms with Crippen molar-refractivity contribution in [2.24, 2.45) is 5.92 Å². The number of nitrogens with one attached hydrogen (secondary N) is 2. The van der Waals surface area contributed by atoms with E-state index in [-0.39, 0.29) is 28.5 Å². The summed E-state index contributed by atoms with van der Waals surface area (Å²) in [7, 11) is 0. The van der Waals surface area contributed by atoms with Gasteiger partial charge in [-0.15, -0.1) is 10.2 Å². The van der Waals surface area contributed by atoms with E-state index < -0.39 is 6.04 Å². The van der Waals surface area contributed by atoms with Crippen LogP contribution in [0.15, 0.2) is 41.6 Å². The van der Waals surface area contributed by atoms with Crippen molar-refractivity contribution in [3.63, 3.8) is 0 Å². The molecule has 3 aromatic rings. The Morgan fingerprint density at radius 2 is 1.69 bits per heavy atom. The largest absolute Gasteiger partial charge is 0.342 e. The summed E-state index contributed by atoms with van der Waals surface area (Å²) >= 11 is 25.4. The van der Waals surface area contributed by atoms with Crippen LogP contribution in [-0.2, 0) is 11.3 Å². The molecule has 1 aromatic heterocycles. The second-order valence-electron chi connectivity index (χ2n) is 7.90. The summed E-state index contributed by atoms with van der Waals surface area (Å²) in [6, 6.07) is 9.10. The van der Waals surface area contributed by atoms with Crippen LogP contribution in [0.5, 0.6) is 0 Å². The van der Waals surface area contributed by atoms with Crippen molar-refractivity contribution in [3.8, 4) is 0 Å². The Kier molecular flexibility index (Phi) is 9.72. The Hall–Kier alpha value is -1.97. The third-order valence-electron chi connectivity index (χ3n) is 4.95. The molecule has 186 valence electrons. The predicted octanol–water partition coefficient (Wildman–Crippen LogP) is 6.77. The molecule has 0 aliphatic heterocycles. The Balaban J connectivity index is 1.73. The van der Waals surface area contributed by atoms with Gasteiger partial charge >= 0.3 is 0 Å². The Labute approximate surface area is 227 Å². The molecule has 0 unspecified atom stereocenters. The van der Waals surface area contributed by atoms with E-state index in [0.717, 1.165) is 0 Å². The first-order chi connectivity index (χ1) is 16.6. The number of amides is 2. The van der Waals surface area contributed by atoms with Gasteiger partial charge in [-0.3, -0.25) is 9.59 Å². The molecular weight excluding hydrogens is 552 g/mol. The predicted molar refractivity (Wildman–Crippen MR) is 143 cm³/mol. The summed E-state index contributed by atoms with van der Waals surface area (Å²) in [6.45, 7) is 6.44. The Morgan fingerprint density at radius 1 is 1.00 bits per heavy atom. The molecule has 2 amide bonds. The lowest BCUT2D eigenvalue weighted by atomic mass is 10.0. The fourth-order valence-corrected chi connectivity index (χ4v) is 5.14. The number of carbonyl (C=O) groups excluding carboxylic acids is 2. The molecular formula is C23H23Cl4N5O2S. The topological polar surface area (TPSA) is 88.9 Å². The van der Waals surface area contributed by atoms with Gasteiger partial charge in [0, 0.05) is 27.3 Å². The van der Waals surface area contributed by atoms with E-state index in [1.54, 1.807) is 30.3 Å². The van der Waals surface area contributed by atoms with Crippen LogP contribution < -0.4 is 10.6 Å². The number of halogens is 4. The minimum absolute atomic E-state index is 0.00764. The van der Waals surface area contributed by atoms with Crippen molar-refractivity contribution in [2.45, 2.75) is 38.5 Å². The van der Waals surface area contributed by atoms with E-state index in [2.05, 4.69) is 20.8 Å². The van der Waals surface area contributed by atoms with Crippen molar-refractivity contribution in [1.82, 2.24) is 20.1 Å². The van der Waals surface area contributed by atoms with Crippen molar-refractivity contribution < 1.29 is 9.59 Å². The zero-order valence-corrected chi connectivity index (χ0v) is 23.0. The molecule has 12 heteroatoms. The van der Waals surface area contributed by atoms with E-state index in [4.69, 9.17) is 46.4 Å². The maximum Gasteiger partial charge on any atom is 0.253 e. The summed E-state index contributed by atoms with van der Waals surface area (Å²) in [4.78, 5) is 25.4. The van der Waals surface area contributed by atoms with E-state index in [1.165, 1.54) is 17.8 Å². The first-order valence-electron chi connectivity index (χ1n) is 10.7. The van der Waals surface area contributed by atoms with Crippen molar-refractivity contribution in [3.05, 3.63) is 67.9 Å². The molecule has 7 nitrogen and oxygen atoms in total. The number of hydrogen-bond acceptors (Lipinski definition) is 5. The summed E-state index contributed by atoms with van der Waals surface area (Å²) in [6.07, 6.45) is 0. The molecule has 35 heavy (non-hydrogen) atoms. The normalized spacial score (nSPS) is 12.0. The fraction of sp³-hybridized carbons (Fsp3) is 0.304. The monoisotopic (exact) mass is 573 g/mol. The highest BCUT2D eigenvalue weighted by Crippen LogP contribution is 2.28. The number of carbonyl (C=O) groups is 2. The van der Waals surface area contributed by atoms with E-state index in [0.29, 0.717) is 43.8 Å². The number of nitrogens with zero attached hydrogens (tertiary/aromatic N) is 3. The molecule has 0 spiro atoms. The zero-order chi connectivity index (χ0) is 25.7. The SMILES string of the molecule is CCn1c(SCC(=O)Nc2cc(Cl)cc(Cl)c2)nnc1[C@H](NC(=O)c1ccc(Cl)cc1Cl)C(C)C. The van der Waals surface area contributed by atoms with Crippen LogP contribution in [0.2, 0.25) is 20.1 Å². The van der Waals surface area contributed by atoms with Gasteiger partial charge in [-0.1, -0.05) is 72.0 Å². The quantitative estimate of drug-likeness (QED) is 0.275. The second kappa shape index (κ2) is 12.3. The summed E-state index contributed by atoms with van der Waals surface area (Å²) in [5.74, 6) is 0.108. The number of anilines is 1. The molecule has 2 aromatic carbocycles. The van der Waals surface area contributed by atoms with Gasteiger partial charge in [-0.2, -0.15) is 0 Å². The van der Waals surface area contributed by atoms with Gasteiger partial charge in [0.1, 0.15) is 0 Å². The molecule has 3 rings (SSSR count). The number of thioether (sulfide) groups is 1. The molecule has 0 fully saturated rings. The highest BCUT2D eigenvalue weighted by Gasteiger charge is 2.27. The third kappa shape index (κ3) is 7.27. The summed E-state index contributed by atoms with van der Waals surface area (Å²) < 4.78 is 1.88. The van der Waals surface area contributed by atoms with Crippen LogP contribution in [-0.4, -0.2) is 32.3 Å². The van der Waals surface area contributed by atoms with Gasteiger partial charge in [0.2, 0.25) is 5.91 Å². The molecule has 1 atom stereocenters. The lowest BCUT2D eigenvalue weighted by Gasteiger charge is -2.22. The Bertz CT molecular complexity index is 1210. The van der Waals surface area contributed by atoms with Gasteiger partial charge in [-0.05, 0) is 49.2 Å². The van der Waals surface area contributed by atoms with E-state index in [1.807, 2.05) is 25.3 Å². The average molecular weight is 575 g/mol. The maximum absolute atomic E-state index is 12.9. The highest BCUT2D eigenvalue weighted by atomic mass is 35.5. The molecule has 0 aliphatic rings. The minimum atomic E-state index is -0.432. The van der Waals surface area contributed by atoms with Crippen molar-refractivity contribution in [2.75, 3.05) is 11.1 Å². The molecule has 0 aliphatic carbocycles. The van der Waals surface area contributed by atoms with E-state index >= 15 is 0 Å².